The summed E-state index contributed by atoms with van der Waals surface area (Å²) in [5.74, 6) is 0.309. The minimum absolute atomic E-state index is 0.0259. The van der Waals surface area contributed by atoms with Crippen molar-refractivity contribution in [2.24, 2.45) is 0 Å². The molecule has 19 heteroatoms. The summed E-state index contributed by atoms with van der Waals surface area (Å²) < 4.78 is 34.1. The number of para-hydroxylation sites is 1. The van der Waals surface area contributed by atoms with E-state index in [1.807, 2.05) is 0 Å². The monoisotopic (exact) mass is 721 g/mol. The quantitative estimate of drug-likeness (QED) is 0.0945. The molecule has 1 aromatic rings. The number of nitrogens with one attached hydrogen (secondary N) is 1. The highest BCUT2D eigenvalue weighted by molar-refractivity contribution is 5.23. The van der Waals surface area contributed by atoms with Crippen molar-refractivity contribution in [3.05, 3.63) is 42.0 Å². The molecular weight excluding hydrogens is 674 g/mol. The van der Waals surface area contributed by atoms with E-state index in [4.69, 9.17) is 28.4 Å². The Kier molecular flexibility index (Phi) is 13.2. The van der Waals surface area contributed by atoms with Gasteiger partial charge < -0.3 is 95.0 Å². The van der Waals surface area contributed by atoms with Crippen molar-refractivity contribution in [2.45, 2.75) is 123 Å². The molecule has 0 bridgehead atoms. The summed E-state index contributed by atoms with van der Waals surface area (Å²) in [4.78, 5) is 0. The van der Waals surface area contributed by atoms with Gasteiger partial charge in [-0.15, -0.1) is 0 Å². The molecule has 13 N–H and O–H groups in total. The van der Waals surface area contributed by atoms with Crippen molar-refractivity contribution < 1.29 is 89.7 Å². The van der Waals surface area contributed by atoms with Crippen molar-refractivity contribution >= 4 is 0 Å². The summed E-state index contributed by atoms with van der Waals surface area (Å²) in [7, 11) is 0. The summed E-state index contributed by atoms with van der Waals surface area (Å²) in [6, 6.07) is 6.08. The molecule has 284 valence electrons. The molecule has 0 amide bonds. The second-order valence-electron chi connectivity index (χ2n) is 12.8. The van der Waals surface area contributed by atoms with Gasteiger partial charge in [-0.1, -0.05) is 24.3 Å². The highest BCUT2D eigenvalue weighted by Crippen LogP contribution is 2.33. The van der Waals surface area contributed by atoms with Crippen LogP contribution in [0.3, 0.4) is 0 Å². The van der Waals surface area contributed by atoms with E-state index >= 15 is 0 Å². The van der Waals surface area contributed by atoms with Crippen LogP contribution in [0.5, 0.6) is 5.75 Å². The lowest BCUT2D eigenvalue weighted by Crippen LogP contribution is -2.68. The fraction of sp³-hybridized carbons (Fsp3) is 0.742. The van der Waals surface area contributed by atoms with Crippen molar-refractivity contribution in [1.82, 2.24) is 5.32 Å². The molecule has 19 atom stereocenters. The summed E-state index contributed by atoms with van der Waals surface area (Å²) >= 11 is 0. The Morgan fingerprint density at radius 1 is 0.620 bits per heavy atom. The second-order valence-corrected chi connectivity index (χ2v) is 12.8. The third-order valence-corrected chi connectivity index (χ3v) is 9.45. The third-order valence-electron chi connectivity index (χ3n) is 9.45. The molecule has 3 aliphatic heterocycles. The molecule has 4 aliphatic rings. The zero-order valence-electron chi connectivity index (χ0n) is 26.9. The summed E-state index contributed by atoms with van der Waals surface area (Å²) in [6.07, 6.45) is -25.8. The Morgan fingerprint density at radius 3 is 1.70 bits per heavy atom. The molecule has 0 radical (unpaired) electrons. The molecule has 1 aliphatic carbocycles. The fourth-order valence-electron chi connectivity index (χ4n) is 6.53. The number of benzene rings is 1. The standard InChI is InChI=1S/C31H47NO18/c1-11-17(32-14-7-12(8-33)18(36)21(39)19(14)37)20(38)24(42)29(45-11)49-27-16(10-35)48-31(26(44)23(27)41)50-28-15(9-34)47-30(25(43)22(28)40)46-13-5-3-2-4-6-13/h2-7,11,14-44H,8-10H2,1H3. The van der Waals surface area contributed by atoms with Crippen LogP contribution in [0.1, 0.15) is 6.92 Å². The van der Waals surface area contributed by atoms with Gasteiger partial charge in [-0.3, -0.25) is 0 Å². The molecule has 0 spiro atoms. The molecule has 1 aromatic carbocycles. The average Bonchev–Trinajstić information content (AvgIpc) is 3.11. The van der Waals surface area contributed by atoms with Crippen LogP contribution in [0.25, 0.3) is 0 Å². The van der Waals surface area contributed by atoms with E-state index in [1.54, 1.807) is 30.3 Å². The second kappa shape index (κ2) is 16.8. The van der Waals surface area contributed by atoms with Gasteiger partial charge in [0.2, 0.25) is 6.29 Å². The zero-order chi connectivity index (χ0) is 36.4. The molecule has 3 fully saturated rings. The van der Waals surface area contributed by atoms with E-state index in [0.717, 1.165) is 0 Å². The van der Waals surface area contributed by atoms with Crippen LogP contribution in [0.2, 0.25) is 0 Å². The van der Waals surface area contributed by atoms with Gasteiger partial charge in [0.05, 0.1) is 38.0 Å². The van der Waals surface area contributed by atoms with Gasteiger partial charge >= 0.3 is 0 Å². The van der Waals surface area contributed by atoms with Crippen LogP contribution in [-0.2, 0) is 23.7 Å². The van der Waals surface area contributed by atoms with E-state index in [0.29, 0.717) is 5.75 Å². The van der Waals surface area contributed by atoms with Gasteiger partial charge in [-0.25, -0.2) is 0 Å². The SMILES string of the molecule is CC1OC(OC2C(CO)OC(OC3C(CO)OC(Oc4ccccc4)C(O)C3O)C(O)C2O)C(O)C(O)C1NC1C=C(CO)C(O)C(O)C1O. The first-order valence-electron chi connectivity index (χ1n) is 16.2. The lowest BCUT2D eigenvalue weighted by atomic mass is 9.86. The van der Waals surface area contributed by atoms with Crippen LogP contribution >= 0.6 is 0 Å². The van der Waals surface area contributed by atoms with Gasteiger partial charge in [-0.05, 0) is 24.6 Å². The molecule has 19 unspecified atom stereocenters. The lowest BCUT2D eigenvalue weighted by Gasteiger charge is -2.48. The first-order valence-corrected chi connectivity index (χ1v) is 16.2. The number of hydrogen-bond acceptors (Lipinski definition) is 19. The van der Waals surface area contributed by atoms with E-state index in [1.165, 1.54) is 13.0 Å². The van der Waals surface area contributed by atoms with Crippen molar-refractivity contribution in [3.8, 4) is 5.75 Å². The van der Waals surface area contributed by atoms with Gasteiger partial charge in [0.25, 0.3) is 0 Å². The molecule has 0 aromatic heterocycles. The Labute approximate surface area is 286 Å². The highest BCUT2D eigenvalue weighted by Gasteiger charge is 2.54. The fourth-order valence-corrected chi connectivity index (χ4v) is 6.53. The first-order chi connectivity index (χ1) is 23.8. The van der Waals surface area contributed by atoms with Gasteiger partial charge in [0, 0.05) is 0 Å². The molecular formula is C31H47NO18. The zero-order valence-corrected chi connectivity index (χ0v) is 26.9. The van der Waals surface area contributed by atoms with Crippen LogP contribution in [0.4, 0.5) is 0 Å². The molecule has 3 heterocycles. The maximum atomic E-state index is 11.1. The normalized spacial score (nSPS) is 47.1. The van der Waals surface area contributed by atoms with Crippen LogP contribution in [0, 0.1) is 0 Å². The first kappa shape index (κ1) is 39.3. The minimum atomic E-state index is -1.93. The van der Waals surface area contributed by atoms with Gasteiger partial charge in [0.15, 0.2) is 12.6 Å². The van der Waals surface area contributed by atoms with Gasteiger partial charge in [-0.2, -0.15) is 0 Å². The summed E-state index contributed by atoms with van der Waals surface area (Å²) in [5, 5.41) is 129. The Balaban J connectivity index is 1.22. The van der Waals surface area contributed by atoms with E-state index < -0.39 is 136 Å². The van der Waals surface area contributed by atoms with E-state index in [-0.39, 0.29) is 5.57 Å². The van der Waals surface area contributed by atoms with E-state index in [2.05, 4.69) is 5.32 Å². The van der Waals surface area contributed by atoms with Crippen LogP contribution in [0.15, 0.2) is 42.0 Å². The number of aliphatic hydroxyl groups excluding tert-OH is 12. The third kappa shape index (κ3) is 8.00. The molecule has 5 rings (SSSR count). The van der Waals surface area contributed by atoms with Crippen molar-refractivity contribution in [3.63, 3.8) is 0 Å². The number of hydrogen-bond donors (Lipinski definition) is 13. The molecule has 0 saturated carbocycles. The Bertz CT molecular complexity index is 1240. The largest absolute Gasteiger partial charge is 0.462 e. The number of rotatable bonds is 11. The van der Waals surface area contributed by atoms with Crippen LogP contribution < -0.4 is 10.1 Å². The predicted octanol–water partition coefficient (Wildman–Crippen LogP) is -6.48. The van der Waals surface area contributed by atoms with Crippen molar-refractivity contribution in [2.75, 3.05) is 19.8 Å². The summed E-state index contributed by atoms with van der Waals surface area (Å²) in [6.45, 7) is -0.678. The maximum absolute atomic E-state index is 11.1. The lowest BCUT2D eigenvalue weighted by molar-refractivity contribution is -0.372. The van der Waals surface area contributed by atoms with Crippen molar-refractivity contribution in [1.29, 1.82) is 0 Å². The van der Waals surface area contributed by atoms with Gasteiger partial charge in [0.1, 0.15) is 85.1 Å². The number of aliphatic hydroxyl groups is 12. The Hall–Kier alpha value is -1.96. The highest BCUT2D eigenvalue weighted by atomic mass is 16.8. The topological polar surface area (TPSA) is 310 Å². The molecule has 50 heavy (non-hydrogen) atoms. The molecule has 3 saturated heterocycles. The van der Waals surface area contributed by atoms with E-state index in [9.17, 15) is 61.3 Å². The average molecular weight is 722 g/mol. The van der Waals surface area contributed by atoms with Crippen LogP contribution in [-0.4, -0.2) is 198 Å². The predicted molar refractivity (Wildman–Crippen MR) is 163 cm³/mol. The smallest absolute Gasteiger partial charge is 0.229 e. The summed E-state index contributed by atoms with van der Waals surface area (Å²) in [5.41, 5.74) is 0.0259. The minimum Gasteiger partial charge on any atom is -0.462 e. The molecule has 19 nitrogen and oxygen atoms in total. The maximum Gasteiger partial charge on any atom is 0.229 e. The number of ether oxygens (including phenoxy) is 6. The Morgan fingerprint density at radius 2 is 1.14 bits per heavy atom.